The molecule has 3 atom stereocenters. The van der Waals surface area contributed by atoms with Gasteiger partial charge in [-0.05, 0) is 12.8 Å². The highest BCUT2D eigenvalue weighted by Crippen LogP contribution is 2.55. The van der Waals surface area contributed by atoms with Gasteiger partial charge in [-0.25, -0.2) is 0 Å². The van der Waals surface area contributed by atoms with E-state index in [0.717, 1.165) is 12.8 Å². The molecule has 4 rings (SSSR count). The van der Waals surface area contributed by atoms with Crippen LogP contribution in [0.4, 0.5) is 0 Å². The van der Waals surface area contributed by atoms with Crippen molar-refractivity contribution in [2.75, 3.05) is 0 Å². The standard InChI is InChI=1S/C26H27O3P/c27-24-19-11-10-18-23(24)26(25(28)20-12-4-1-5-13-20)30(29,21-14-6-2-7-15-21)22-16-8-3-9-17-22/h1-9,12-17,23-24,26-27H,10-11,18-19H2/t23-,24-,26-/m1/s1. The van der Waals surface area contributed by atoms with Gasteiger partial charge in [-0.1, -0.05) is 104 Å². The van der Waals surface area contributed by atoms with Crippen LogP contribution in [-0.4, -0.2) is 22.7 Å². The molecule has 0 spiro atoms. The van der Waals surface area contributed by atoms with Crippen LogP contribution in [0, 0.1) is 5.92 Å². The van der Waals surface area contributed by atoms with Crippen molar-refractivity contribution in [1.29, 1.82) is 0 Å². The summed E-state index contributed by atoms with van der Waals surface area (Å²) < 4.78 is 15.0. The molecule has 4 heteroatoms. The summed E-state index contributed by atoms with van der Waals surface area (Å²) in [6, 6.07) is 27.8. The predicted octanol–water partition coefficient (Wildman–Crippen LogP) is 4.80. The Hall–Kier alpha value is -2.48. The fourth-order valence-corrected chi connectivity index (χ4v) is 8.22. The molecule has 1 aliphatic rings. The molecule has 1 saturated carbocycles. The van der Waals surface area contributed by atoms with Crippen molar-refractivity contribution in [1.82, 2.24) is 0 Å². The molecule has 0 unspecified atom stereocenters. The summed E-state index contributed by atoms with van der Waals surface area (Å²) in [6.07, 6.45) is 2.59. The van der Waals surface area contributed by atoms with Crippen LogP contribution >= 0.6 is 7.14 Å². The normalized spacial score (nSPS) is 20.4. The second-order valence-corrected chi connectivity index (χ2v) is 10.9. The number of hydrogen-bond donors (Lipinski definition) is 1. The molecule has 1 aliphatic carbocycles. The van der Waals surface area contributed by atoms with Crippen molar-refractivity contribution in [3.8, 4) is 0 Å². The topological polar surface area (TPSA) is 54.4 Å². The predicted molar refractivity (Wildman–Crippen MR) is 122 cm³/mol. The monoisotopic (exact) mass is 418 g/mol. The molecule has 0 bridgehead atoms. The van der Waals surface area contributed by atoms with Gasteiger partial charge in [0.25, 0.3) is 0 Å². The fourth-order valence-electron chi connectivity index (χ4n) is 4.68. The van der Waals surface area contributed by atoms with Crippen molar-refractivity contribution in [2.45, 2.75) is 37.4 Å². The maximum Gasteiger partial charge on any atom is 0.174 e. The zero-order valence-electron chi connectivity index (χ0n) is 16.9. The van der Waals surface area contributed by atoms with Gasteiger partial charge in [-0.15, -0.1) is 0 Å². The summed E-state index contributed by atoms with van der Waals surface area (Å²) in [6.45, 7) is 0. The van der Waals surface area contributed by atoms with E-state index in [-0.39, 0.29) is 11.7 Å². The Morgan fingerprint density at radius 2 is 1.23 bits per heavy atom. The van der Waals surface area contributed by atoms with Crippen molar-refractivity contribution in [3.05, 3.63) is 96.6 Å². The molecule has 1 N–H and O–H groups in total. The summed E-state index contributed by atoms with van der Waals surface area (Å²) in [7, 11) is -3.37. The highest BCUT2D eigenvalue weighted by Gasteiger charge is 2.48. The first-order valence-corrected chi connectivity index (χ1v) is 12.4. The lowest BCUT2D eigenvalue weighted by molar-refractivity contribution is 0.0598. The molecule has 0 heterocycles. The SMILES string of the molecule is O=C(c1ccccc1)[C@@H]([C@@H]1CCCC[C@H]1O)P(=O)(c1ccccc1)c1ccccc1. The van der Waals surface area contributed by atoms with Crippen molar-refractivity contribution in [2.24, 2.45) is 5.92 Å². The van der Waals surface area contributed by atoms with Crippen molar-refractivity contribution < 1.29 is 14.5 Å². The van der Waals surface area contributed by atoms with E-state index in [4.69, 9.17) is 0 Å². The number of carbonyl (C=O) groups is 1. The van der Waals surface area contributed by atoms with E-state index in [0.29, 0.717) is 29.0 Å². The zero-order valence-corrected chi connectivity index (χ0v) is 17.8. The van der Waals surface area contributed by atoms with Gasteiger partial charge in [0.1, 0.15) is 0 Å². The number of aliphatic hydroxyl groups excluding tert-OH is 1. The Kier molecular flexibility index (Phi) is 6.32. The van der Waals surface area contributed by atoms with Gasteiger partial charge < -0.3 is 9.67 Å². The van der Waals surface area contributed by atoms with E-state index in [9.17, 15) is 9.90 Å². The quantitative estimate of drug-likeness (QED) is 0.462. The van der Waals surface area contributed by atoms with E-state index < -0.39 is 18.9 Å². The van der Waals surface area contributed by atoms with Crippen LogP contribution in [0.3, 0.4) is 0 Å². The van der Waals surface area contributed by atoms with Crippen LogP contribution in [0.2, 0.25) is 0 Å². The minimum absolute atomic E-state index is 0.141. The highest BCUT2D eigenvalue weighted by molar-refractivity contribution is 7.80. The molecule has 30 heavy (non-hydrogen) atoms. The van der Waals surface area contributed by atoms with Gasteiger partial charge in [0.05, 0.1) is 11.8 Å². The highest BCUT2D eigenvalue weighted by atomic mass is 31.2. The second kappa shape index (κ2) is 9.12. The van der Waals surface area contributed by atoms with Gasteiger partial charge in [0.2, 0.25) is 0 Å². The first-order valence-electron chi connectivity index (χ1n) is 10.6. The lowest BCUT2D eigenvalue weighted by Crippen LogP contribution is -2.43. The summed E-state index contributed by atoms with van der Waals surface area (Å²) >= 11 is 0. The summed E-state index contributed by atoms with van der Waals surface area (Å²) in [5, 5.41) is 12.3. The number of aliphatic hydroxyl groups is 1. The van der Waals surface area contributed by atoms with Crippen LogP contribution in [-0.2, 0) is 4.57 Å². The number of hydrogen-bond acceptors (Lipinski definition) is 3. The molecule has 3 aromatic rings. The minimum atomic E-state index is -3.37. The molecule has 3 aromatic carbocycles. The van der Waals surface area contributed by atoms with E-state index in [1.54, 1.807) is 12.1 Å². The third-order valence-electron chi connectivity index (χ3n) is 6.19. The van der Waals surface area contributed by atoms with Crippen LogP contribution in [0.5, 0.6) is 0 Å². The molecule has 0 aliphatic heterocycles. The number of benzene rings is 3. The Bertz CT molecular complexity index is 974. The van der Waals surface area contributed by atoms with Crippen LogP contribution in [0.1, 0.15) is 36.0 Å². The Morgan fingerprint density at radius 3 is 1.73 bits per heavy atom. The average Bonchev–Trinajstić information content (AvgIpc) is 2.82. The molecule has 1 fully saturated rings. The summed E-state index contributed by atoms with van der Waals surface area (Å²) in [4.78, 5) is 13.9. The molecular weight excluding hydrogens is 391 g/mol. The maximum atomic E-state index is 15.0. The van der Waals surface area contributed by atoms with Gasteiger partial charge in [-0.3, -0.25) is 4.79 Å². The number of Topliss-reactive ketones (excluding diaryl/α,β-unsaturated/α-hetero) is 1. The zero-order chi connectivity index (χ0) is 21.0. The van der Waals surface area contributed by atoms with E-state index in [1.807, 2.05) is 78.9 Å². The Balaban J connectivity index is 1.94. The van der Waals surface area contributed by atoms with Gasteiger partial charge in [0, 0.05) is 22.1 Å². The third kappa shape index (κ3) is 3.93. The lowest BCUT2D eigenvalue weighted by atomic mass is 9.82. The summed E-state index contributed by atoms with van der Waals surface area (Å²) in [5.74, 6) is -0.477. The summed E-state index contributed by atoms with van der Waals surface area (Å²) in [5.41, 5.74) is -0.243. The van der Waals surface area contributed by atoms with Gasteiger partial charge in [-0.2, -0.15) is 0 Å². The van der Waals surface area contributed by atoms with Crippen LogP contribution in [0.25, 0.3) is 0 Å². The molecule has 154 valence electrons. The number of ketones is 1. The van der Waals surface area contributed by atoms with Crippen LogP contribution in [0.15, 0.2) is 91.0 Å². The third-order valence-corrected chi connectivity index (χ3v) is 9.72. The largest absolute Gasteiger partial charge is 0.393 e. The first-order chi connectivity index (χ1) is 14.6. The lowest BCUT2D eigenvalue weighted by Gasteiger charge is -2.38. The van der Waals surface area contributed by atoms with E-state index in [1.165, 1.54) is 0 Å². The first kappa shape index (κ1) is 20.8. The molecule has 3 nitrogen and oxygen atoms in total. The molecular formula is C26H27O3P. The number of carbonyl (C=O) groups excluding carboxylic acids is 1. The van der Waals surface area contributed by atoms with E-state index in [2.05, 4.69) is 0 Å². The Morgan fingerprint density at radius 1 is 0.767 bits per heavy atom. The average molecular weight is 418 g/mol. The van der Waals surface area contributed by atoms with Gasteiger partial charge >= 0.3 is 0 Å². The molecule has 0 saturated heterocycles. The molecule has 0 aromatic heterocycles. The van der Waals surface area contributed by atoms with Crippen molar-refractivity contribution in [3.63, 3.8) is 0 Å². The van der Waals surface area contributed by atoms with E-state index >= 15 is 4.57 Å². The Labute approximate surface area is 178 Å². The van der Waals surface area contributed by atoms with Crippen molar-refractivity contribution >= 4 is 23.5 Å². The fraction of sp³-hybridized carbons (Fsp3) is 0.269. The molecule has 0 radical (unpaired) electrons. The molecule has 0 amide bonds. The maximum absolute atomic E-state index is 15.0. The minimum Gasteiger partial charge on any atom is -0.393 e. The smallest absolute Gasteiger partial charge is 0.174 e. The second-order valence-electron chi connectivity index (χ2n) is 8.02. The van der Waals surface area contributed by atoms with Crippen LogP contribution < -0.4 is 10.6 Å². The number of rotatable bonds is 6. The van der Waals surface area contributed by atoms with Gasteiger partial charge in [0.15, 0.2) is 12.9 Å².